The molecule has 12 heteroatoms. The number of fused-ring (bicyclic) bond motifs is 3. The zero-order valence-electron chi connectivity index (χ0n) is 25.2. The number of ketones is 4. The maximum atomic E-state index is 14.2. The third-order valence-electron chi connectivity index (χ3n) is 9.32. The van der Waals surface area contributed by atoms with E-state index in [1.165, 1.54) is 25.2 Å². The van der Waals surface area contributed by atoms with Crippen molar-refractivity contribution in [2.45, 2.75) is 57.2 Å². The van der Waals surface area contributed by atoms with Gasteiger partial charge in [0.25, 0.3) is 5.91 Å². The minimum Gasteiger partial charge on any atom is -0.507 e. The van der Waals surface area contributed by atoms with Gasteiger partial charge in [-0.05, 0) is 67.6 Å². The van der Waals surface area contributed by atoms with Crippen LogP contribution in [0.4, 0.5) is 0 Å². The number of hydrogen-bond acceptors (Lipinski definition) is 10. The van der Waals surface area contributed by atoms with E-state index in [4.69, 9.17) is 5.73 Å². The van der Waals surface area contributed by atoms with Gasteiger partial charge < -0.3 is 21.3 Å². The first-order valence-electron chi connectivity index (χ1n) is 14.4. The molecular formula is C32H36N4O8. The molecule has 2 unspecified atom stereocenters. The van der Waals surface area contributed by atoms with Gasteiger partial charge in [0.1, 0.15) is 5.75 Å². The lowest BCUT2D eigenvalue weighted by molar-refractivity contribution is -0.181. The summed E-state index contributed by atoms with van der Waals surface area (Å²) in [4.78, 5) is 85.6. The van der Waals surface area contributed by atoms with Gasteiger partial charge in [-0.25, -0.2) is 0 Å². The number of nitrogens with one attached hydrogen (secondary N) is 1. The Hall–Kier alpha value is -4.29. The summed E-state index contributed by atoms with van der Waals surface area (Å²) in [7, 11) is 3.06. The number of nitrogens with two attached hydrogens (primary N) is 1. The highest BCUT2D eigenvalue weighted by Crippen LogP contribution is 2.52. The van der Waals surface area contributed by atoms with Crippen molar-refractivity contribution in [3.8, 4) is 5.75 Å². The second kappa shape index (κ2) is 10.7. The number of likely N-dealkylation sites (N-methyl/N-ethyl adjacent to an activating group) is 1. The summed E-state index contributed by atoms with van der Waals surface area (Å²) >= 11 is 0. The fourth-order valence-corrected chi connectivity index (χ4v) is 7.25. The fourth-order valence-electron chi connectivity index (χ4n) is 7.25. The van der Waals surface area contributed by atoms with Crippen LogP contribution in [-0.2, 0) is 37.6 Å². The largest absolute Gasteiger partial charge is 0.507 e. The smallest absolute Gasteiger partial charge is 0.253 e. The molecular weight excluding hydrogens is 568 g/mol. The molecule has 3 aliphatic rings. The number of phenolic OH excluding ortho intramolecular Hbond substituents is 1. The first-order valence-corrected chi connectivity index (χ1v) is 14.4. The lowest BCUT2D eigenvalue weighted by Crippen LogP contribution is -2.74. The van der Waals surface area contributed by atoms with Gasteiger partial charge in [-0.2, -0.15) is 0 Å². The minimum atomic E-state index is -2.80. The van der Waals surface area contributed by atoms with E-state index < -0.39 is 75.7 Å². The first-order chi connectivity index (χ1) is 20.5. The monoisotopic (exact) mass is 604 g/mol. The van der Waals surface area contributed by atoms with Crippen LogP contribution in [0.5, 0.6) is 5.75 Å². The third-order valence-corrected chi connectivity index (χ3v) is 9.32. The van der Waals surface area contributed by atoms with Crippen LogP contribution in [0, 0.1) is 23.7 Å². The van der Waals surface area contributed by atoms with Crippen molar-refractivity contribution >= 4 is 34.9 Å². The molecule has 2 fully saturated rings. The van der Waals surface area contributed by atoms with Gasteiger partial charge in [0, 0.05) is 30.4 Å². The topological polar surface area (TPSA) is 197 Å². The maximum absolute atomic E-state index is 14.2. The lowest BCUT2D eigenvalue weighted by atomic mass is 9.52. The van der Waals surface area contributed by atoms with Crippen LogP contribution in [-0.4, -0.2) is 80.8 Å². The summed E-state index contributed by atoms with van der Waals surface area (Å²) in [5.74, 6) is -11.5. The van der Waals surface area contributed by atoms with E-state index in [0.29, 0.717) is 22.3 Å². The zero-order chi connectivity index (χ0) is 32.5. The number of aromatic nitrogens is 1. The first kappa shape index (κ1) is 31.1. The summed E-state index contributed by atoms with van der Waals surface area (Å²) in [6, 6.07) is 3.78. The Morgan fingerprint density at radius 1 is 1.16 bits per heavy atom. The Morgan fingerprint density at radius 2 is 1.84 bits per heavy atom. The molecule has 6 atom stereocenters. The number of hydrogen-bond donors (Lipinski definition) is 4. The molecule has 1 aromatic carbocycles. The van der Waals surface area contributed by atoms with Gasteiger partial charge in [0.2, 0.25) is 5.91 Å². The van der Waals surface area contributed by atoms with Crippen LogP contribution >= 0.6 is 0 Å². The number of phenols is 1. The predicted octanol–water partition coefficient (Wildman–Crippen LogP) is 0.490. The summed E-state index contributed by atoms with van der Waals surface area (Å²) in [6.45, 7) is 5.52. The molecule has 2 saturated carbocycles. The van der Waals surface area contributed by atoms with Gasteiger partial charge in [-0.3, -0.25) is 38.7 Å². The maximum Gasteiger partial charge on any atom is 0.253 e. The van der Waals surface area contributed by atoms with Gasteiger partial charge in [-0.15, -0.1) is 0 Å². The normalized spacial score (nSPS) is 28.3. The Kier molecular flexibility index (Phi) is 7.58. The zero-order valence-corrected chi connectivity index (χ0v) is 25.2. The van der Waals surface area contributed by atoms with Crippen molar-refractivity contribution in [1.82, 2.24) is 15.2 Å². The lowest BCUT2D eigenvalue weighted by Gasteiger charge is -2.52. The van der Waals surface area contributed by atoms with E-state index in [9.17, 15) is 39.0 Å². The van der Waals surface area contributed by atoms with Crippen LogP contribution in [0.1, 0.15) is 64.6 Å². The third kappa shape index (κ3) is 4.63. The van der Waals surface area contributed by atoms with E-state index in [0.717, 1.165) is 0 Å². The Labute approximate surface area is 254 Å². The Balaban J connectivity index is 1.62. The van der Waals surface area contributed by atoms with E-state index >= 15 is 0 Å². The summed E-state index contributed by atoms with van der Waals surface area (Å²) < 4.78 is 0. The summed E-state index contributed by atoms with van der Waals surface area (Å²) in [5, 5.41) is 26.1. The number of Topliss-reactive ketones (excluding diaryl/α,β-unsaturated/α-hetero) is 4. The van der Waals surface area contributed by atoms with Crippen molar-refractivity contribution in [3.05, 3.63) is 58.4 Å². The van der Waals surface area contributed by atoms with E-state index in [1.807, 2.05) is 20.8 Å². The minimum absolute atomic E-state index is 0.00296. The van der Waals surface area contributed by atoms with Gasteiger partial charge in [-0.1, -0.05) is 20.8 Å². The van der Waals surface area contributed by atoms with Crippen molar-refractivity contribution in [2.24, 2.45) is 29.4 Å². The van der Waals surface area contributed by atoms with Crippen LogP contribution in [0.3, 0.4) is 0 Å². The van der Waals surface area contributed by atoms with Gasteiger partial charge >= 0.3 is 0 Å². The predicted molar refractivity (Wildman–Crippen MR) is 155 cm³/mol. The number of amides is 2. The molecule has 44 heavy (non-hydrogen) atoms. The van der Waals surface area contributed by atoms with Crippen LogP contribution < -0.4 is 11.1 Å². The average molecular weight is 605 g/mol. The van der Waals surface area contributed by atoms with Crippen molar-refractivity contribution < 1.29 is 39.0 Å². The second-order valence-electron chi connectivity index (χ2n) is 13.2. The average Bonchev–Trinajstić information content (AvgIpc) is 2.93. The number of rotatable bonds is 5. The van der Waals surface area contributed by atoms with Crippen LogP contribution in [0.25, 0.3) is 0 Å². The highest BCUT2D eigenvalue weighted by atomic mass is 16.3. The van der Waals surface area contributed by atoms with Crippen LogP contribution in [0.2, 0.25) is 0 Å². The van der Waals surface area contributed by atoms with E-state index in [-0.39, 0.29) is 30.7 Å². The van der Waals surface area contributed by atoms with Crippen molar-refractivity contribution in [1.29, 1.82) is 0 Å². The molecule has 1 aromatic heterocycles. The van der Waals surface area contributed by atoms with Crippen molar-refractivity contribution in [3.63, 3.8) is 0 Å². The molecule has 5 N–H and O–H groups in total. The molecule has 12 nitrogen and oxygen atoms in total. The van der Waals surface area contributed by atoms with E-state index in [1.54, 1.807) is 24.4 Å². The fraction of sp³-hybridized carbons (Fsp3) is 0.469. The molecule has 0 radical (unpaired) electrons. The standard InChI is InChI=1S/C32H36N4O8/c1-31(2,3)19-11-16(13-35-30(43)14-7-6-8-34-12-14)17-9-15-10-18-23(36(4)5)26(39)22(29(33)42)28(41)32(18,44)27(40)20(15)25(38)21(17)24(19)37/h6-8,11-12,15,18,20,22-23,37,44H,9-10,13H2,1-5H3,(H2,33,42)(H,35,43)/t15-,18-,20?,22?,23-,32-/m0/s1. The molecule has 0 bridgehead atoms. The molecule has 0 saturated heterocycles. The molecule has 232 valence electrons. The molecule has 1 heterocycles. The van der Waals surface area contributed by atoms with Gasteiger partial charge in [0.05, 0.1) is 23.1 Å². The van der Waals surface area contributed by atoms with Gasteiger partial charge in [0.15, 0.2) is 34.7 Å². The number of primary amides is 1. The number of aliphatic hydroxyl groups is 1. The Bertz CT molecular complexity index is 1610. The highest BCUT2D eigenvalue weighted by Gasteiger charge is 2.69. The summed E-state index contributed by atoms with van der Waals surface area (Å²) in [6.07, 6.45) is 3.00. The van der Waals surface area contributed by atoms with Crippen LogP contribution in [0.15, 0.2) is 30.6 Å². The summed E-state index contributed by atoms with van der Waals surface area (Å²) in [5.41, 5.74) is 3.59. The molecule has 0 spiro atoms. The molecule has 3 aliphatic carbocycles. The Morgan fingerprint density at radius 3 is 2.41 bits per heavy atom. The SMILES string of the molecule is CN(C)[C@@H]1C(=O)C(C(N)=O)C(=O)[C@@]2(O)C(=O)C3C(=O)c4c(O)c(C(C)(C)C)cc(CNC(=O)c5cccnc5)c4C[C@H]3C[C@@H]12. The number of pyridine rings is 1. The van der Waals surface area contributed by atoms with Crippen molar-refractivity contribution in [2.75, 3.05) is 14.1 Å². The number of carbonyl (C=O) groups excluding carboxylic acids is 6. The number of nitrogens with zero attached hydrogens (tertiary/aromatic N) is 2. The number of carbonyl (C=O) groups is 6. The highest BCUT2D eigenvalue weighted by molar-refractivity contribution is 6.32. The number of benzene rings is 1. The molecule has 2 aromatic rings. The molecule has 0 aliphatic heterocycles. The second-order valence-corrected chi connectivity index (χ2v) is 13.2. The molecule has 5 rings (SSSR count). The quantitative estimate of drug-likeness (QED) is 0.349. The molecule has 2 amide bonds. The van der Waals surface area contributed by atoms with E-state index in [2.05, 4.69) is 10.3 Å². The number of aromatic hydroxyl groups is 1.